The summed E-state index contributed by atoms with van der Waals surface area (Å²) in [5.74, 6) is -0.232. The van der Waals surface area contributed by atoms with Crippen LogP contribution in [0.1, 0.15) is 6.92 Å². The maximum absolute atomic E-state index is 12.2. The highest BCUT2D eigenvalue weighted by Gasteiger charge is 2.21. The minimum Gasteiger partial charge on any atom is -0.355 e. The standard InChI is InChI=1S/C16H22ClN5O4/c1-2-18-15(23)10-20-5-7-21(8-6-20)11-16(24)19-14-4-3-12(22(25)26)9-13(14)17/h3-4,9H,2,5-8,10-11H2,1H3,(H,18,23)(H,19,24). The molecule has 10 heteroatoms. The Morgan fingerprint density at radius 3 is 2.23 bits per heavy atom. The zero-order valence-corrected chi connectivity index (χ0v) is 15.3. The SMILES string of the molecule is CCNC(=O)CN1CCN(CC(=O)Nc2ccc([N+](=O)[O-])cc2Cl)CC1. The Morgan fingerprint density at radius 1 is 1.15 bits per heavy atom. The van der Waals surface area contributed by atoms with Crippen molar-refractivity contribution in [1.29, 1.82) is 0 Å². The quantitative estimate of drug-likeness (QED) is 0.536. The molecule has 0 spiro atoms. The molecule has 1 fully saturated rings. The minimum atomic E-state index is -0.544. The Bertz CT molecular complexity index is 677. The van der Waals surface area contributed by atoms with Gasteiger partial charge >= 0.3 is 0 Å². The number of anilines is 1. The summed E-state index contributed by atoms with van der Waals surface area (Å²) >= 11 is 5.98. The van der Waals surface area contributed by atoms with Gasteiger partial charge in [-0.05, 0) is 13.0 Å². The van der Waals surface area contributed by atoms with Crippen LogP contribution in [0.2, 0.25) is 5.02 Å². The average Bonchev–Trinajstić information content (AvgIpc) is 2.58. The summed E-state index contributed by atoms with van der Waals surface area (Å²) in [5, 5.41) is 16.3. The third-order valence-electron chi connectivity index (χ3n) is 4.01. The second-order valence-electron chi connectivity index (χ2n) is 5.98. The van der Waals surface area contributed by atoms with Gasteiger partial charge < -0.3 is 10.6 Å². The molecule has 1 aromatic rings. The Kier molecular flexibility index (Phi) is 7.31. The fraction of sp³-hybridized carbons (Fsp3) is 0.500. The monoisotopic (exact) mass is 383 g/mol. The van der Waals surface area contributed by atoms with E-state index in [9.17, 15) is 19.7 Å². The van der Waals surface area contributed by atoms with E-state index in [1.54, 1.807) is 0 Å². The molecule has 0 saturated carbocycles. The van der Waals surface area contributed by atoms with Crippen molar-refractivity contribution in [3.8, 4) is 0 Å². The second kappa shape index (κ2) is 9.46. The van der Waals surface area contributed by atoms with E-state index in [0.717, 1.165) is 0 Å². The molecule has 2 rings (SSSR count). The lowest BCUT2D eigenvalue weighted by Gasteiger charge is -2.33. The van der Waals surface area contributed by atoms with Crippen LogP contribution in [0.5, 0.6) is 0 Å². The number of hydrogen-bond donors (Lipinski definition) is 2. The van der Waals surface area contributed by atoms with Gasteiger partial charge in [0.25, 0.3) is 5.69 Å². The summed E-state index contributed by atoms with van der Waals surface area (Å²) < 4.78 is 0. The highest BCUT2D eigenvalue weighted by molar-refractivity contribution is 6.34. The van der Waals surface area contributed by atoms with E-state index < -0.39 is 4.92 Å². The number of amides is 2. The van der Waals surface area contributed by atoms with E-state index in [4.69, 9.17) is 11.6 Å². The number of carbonyl (C=O) groups excluding carboxylic acids is 2. The van der Waals surface area contributed by atoms with Gasteiger partial charge in [0.2, 0.25) is 11.8 Å². The molecule has 1 aliphatic rings. The Hall–Kier alpha value is -2.23. The molecule has 0 bridgehead atoms. The van der Waals surface area contributed by atoms with Gasteiger partial charge in [0.1, 0.15) is 0 Å². The van der Waals surface area contributed by atoms with Crippen LogP contribution in [0.25, 0.3) is 0 Å². The van der Waals surface area contributed by atoms with Crippen LogP contribution in [-0.4, -0.2) is 72.4 Å². The van der Waals surface area contributed by atoms with Gasteiger partial charge in [0.15, 0.2) is 0 Å². The summed E-state index contributed by atoms with van der Waals surface area (Å²) in [6.07, 6.45) is 0. The van der Waals surface area contributed by atoms with Crippen LogP contribution in [0.4, 0.5) is 11.4 Å². The van der Waals surface area contributed by atoms with Crippen molar-refractivity contribution in [2.24, 2.45) is 0 Å². The van der Waals surface area contributed by atoms with Gasteiger partial charge in [-0.15, -0.1) is 0 Å². The molecule has 1 heterocycles. The Balaban J connectivity index is 1.79. The van der Waals surface area contributed by atoms with Gasteiger partial charge in [0, 0.05) is 44.9 Å². The van der Waals surface area contributed by atoms with Gasteiger partial charge in [-0.2, -0.15) is 0 Å². The Labute approximate surface area is 156 Å². The number of nitrogens with one attached hydrogen (secondary N) is 2. The van der Waals surface area contributed by atoms with Gasteiger partial charge in [-0.3, -0.25) is 29.5 Å². The number of nitro groups is 1. The molecule has 0 unspecified atom stereocenters. The number of halogens is 1. The molecule has 9 nitrogen and oxygen atoms in total. The predicted octanol–water partition coefficient (Wildman–Crippen LogP) is 0.940. The lowest BCUT2D eigenvalue weighted by Crippen LogP contribution is -2.51. The van der Waals surface area contributed by atoms with E-state index in [2.05, 4.69) is 10.6 Å². The number of hydrogen-bond acceptors (Lipinski definition) is 6. The highest BCUT2D eigenvalue weighted by Crippen LogP contribution is 2.26. The summed E-state index contributed by atoms with van der Waals surface area (Å²) in [4.78, 5) is 38.0. The molecule has 26 heavy (non-hydrogen) atoms. The number of piperazine rings is 1. The molecule has 142 valence electrons. The van der Waals surface area contributed by atoms with Crippen molar-refractivity contribution in [2.75, 3.05) is 51.1 Å². The maximum Gasteiger partial charge on any atom is 0.271 e. The van der Waals surface area contributed by atoms with Crippen molar-refractivity contribution in [3.63, 3.8) is 0 Å². The van der Waals surface area contributed by atoms with Crippen molar-refractivity contribution in [2.45, 2.75) is 6.92 Å². The molecule has 2 N–H and O–H groups in total. The van der Waals surface area contributed by atoms with Gasteiger partial charge in [0.05, 0.1) is 28.7 Å². The van der Waals surface area contributed by atoms with E-state index in [-0.39, 0.29) is 29.1 Å². The van der Waals surface area contributed by atoms with Crippen molar-refractivity contribution < 1.29 is 14.5 Å². The van der Waals surface area contributed by atoms with Crippen LogP contribution in [0.3, 0.4) is 0 Å². The molecular formula is C16H22ClN5O4. The first kappa shape index (κ1) is 20.1. The molecular weight excluding hydrogens is 362 g/mol. The third-order valence-corrected chi connectivity index (χ3v) is 4.32. The van der Waals surface area contributed by atoms with Crippen LogP contribution in [-0.2, 0) is 9.59 Å². The third kappa shape index (κ3) is 5.94. The molecule has 0 atom stereocenters. The largest absolute Gasteiger partial charge is 0.355 e. The number of non-ortho nitro benzene ring substituents is 1. The fourth-order valence-corrected chi connectivity index (χ4v) is 2.90. The first-order valence-corrected chi connectivity index (χ1v) is 8.72. The van der Waals surface area contributed by atoms with Gasteiger partial charge in [-0.1, -0.05) is 11.6 Å². The van der Waals surface area contributed by atoms with E-state index in [1.807, 2.05) is 16.7 Å². The van der Waals surface area contributed by atoms with E-state index >= 15 is 0 Å². The summed E-state index contributed by atoms with van der Waals surface area (Å²) in [6.45, 7) is 5.84. The molecule has 1 aliphatic heterocycles. The summed E-state index contributed by atoms with van der Waals surface area (Å²) in [6, 6.07) is 3.92. The van der Waals surface area contributed by atoms with Crippen molar-refractivity contribution >= 4 is 34.8 Å². The molecule has 0 radical (unpaired) electrons. The second-order valence-corrected chi connectivity index (χ2v) is 6.38. The maximum atomic E-state index is 12.2. The summed E-state index contributed by atoms with van der Waals surface area (Å²) in [7, 11) is 0. The molecule has 0 aliphatic carbocycles. The normalized spacial score (nSPS) is 15.5. The van der Waals surface area contributed by atoms with Crippen molar-refractivity contribution in [3.05, 3.63) is 33.3 Å². The van der Waals surface area contributed by atoms with Crippen LogP contribution in [0.15, 0.2) is 18.2 Å². The molecule has 2 amide bonds. The number of carbonyl (C=O) groups is 2. The number of nitro benzene ring substituents is 1. The predicted molar refractivity (Wildman–Crippen MR) is 98.3 cm³/mol. The lowest BCUT2D eigenvalue weighted by molar-refractivity contribution is -0.384. The summed E-state index contributed by atoms with van der Waals surface area (Å²) in [5.41, 5.74) is 0.216. The number of likely N-dealkylation sites (N-methyl/N-ethyl adjacent to an activating group) is 1. The Morgan fingerprint density at radius 2 is 1.73 bits per heavy atom. The zero-order chi connectivity index (χ0) is 19.1. The van der Waals surface area contributed by atoms with E-state index in [1.165, 1.54) is 18.2 Å². The highest BCUT2D eigenvalue weighted by atomic mass is 35.5. The van der Waals surface area contributed by atoms with Crippen molar-refractivity contribution in [1.82, 2.24) is 15.1 Å². The van der Waals surface area contributed by atoms with Crippen LogP contribution >= 0.6 is 11.6 Å². The first-order valence-electron chi connectivity index (χ1n) is 8.34. The van der Waals surface area contributed by atoms with Crippen LogP contribution in [0, 0.1) is 10.1 Å². The zero-order valence-electron chi connectivity index (χ0n) is 14.5. The number of benzene rings is 1. The first-order chi connectivity index (χ1) is 12.4. The molecule has 1 saturated heterocycles. The smallest absolute Gasteiger partial charge is 0.271 e. The number of rotatable bonds is 7. The fourth-order valence-electron chi connectivity index (χ4n) is 2.67. The minimum absolute atomic E-state index is 0.00602. The lowest BCUT2D eigenvalue weighted by atomic mass is 10.2. The van der Waals surface area contributed by atoms with Crippen LogP contribution < -0.4 is 10.6 Å². The molecule has 0 aromatic heterocycles. The number of nitrogens with zero attached hydrogens (tertiary/aromatic N) is 3. The van der Waals surface area contributed by atoms with E-state index in [0.29, 0.717) is 45.0 Å². The topological polar surface area (TPSA) is 108 Å². The average molecular weight is 384 g/mol. The molecule has 1 aromatic carbocycles. The van der Waals surface area contributed by atoms with Gasteiger partial charge in [-0.25, -0.2) is 0 Å².